The lowest BCUT2D eigenvalue weighted by Crippen LogP contribution is -2.25. The zero-order valence-electron chi connectivity index (χ0n) is 10.4. The Balaban J connectivity index is 0.00000147. The van der Waals surface area contributed by atoms with Crippen LogP contribution in [0.5, 0.6) is 0 Å². The number of hydrogen-bond donors (Lipinski definition) is 2. The molecule has 1 aromatic carbocycles. The molecule has 3 rings (SSSR count). The molecule has 0 atom stereocenters. The number of benzene rings is 1. The highest BCUT2D eigenvalue weighted by Gasteiger charge is 2.18. The lowest BCUT2D eigenvalue weighted by Gasteiger charge is -2.19. The van der Waals surface area contributed by atoms with E-state index in [4.69, 9.17) is 0 Å². The Hall–Kier alpha value is -1.57. The Morgan fingerprint density at radius 3 is 3.05 bits per heavy atom. The SMILES string of the molecule is Cl.O=C(Nc1ccc2c(c1F)CCNC2)c1cnns1. The van der Waals surface area contributed by atoms with Crippen molar-refractivity contribution in [2.75, 3.05) is 11.9 Å². The maximum absolute atomic E-state index is 14.3. The summed E-state index contributed by atoms with van der Waals surface area (Å²) in [6, 6.07) is 3.43. The van der Waals surface area contributed by atoms with Gasteiger partial charge in [0.25, 0.3) is 5.91 Å². The first-order valence-electron chi connectivity index (χ1n) is 5.85. The zero-order chi connectivity index (χ0) is 13.2. The molecule has 0 saturated carbocycles. The van der Waals surface area contributed by atoms with Crippen LogP contribution in [0.1, 0.15) is 20.8 Å². The van der Waals surface area contributed by atoms with Crippen molar-refractivity contribution in [2.45, 2.75) is 13.0 Å². The topological polar surface area (TPSA) is 66.9 Å². The average molecular weight is 315 g/mol. The summed E-state index contributed by atoms with van der Waals surface area (Å²) in [5.74, 6) is -0.729. The van der Waals surface area contributed by atoms with Crippen LogP contribution < -0.4 is 10.6 Å². The molecule has 1 aliphatic heterocycles. The third-order valence-corrected chi connectivity index (χ3v) is 3.70. The van der Waals surface area contributed by atoms with E-state index in [0.717, 1.165) is 23.6 Å². The fraction of sp³-hybridized carbons (Fsp3) is 0.250. The van der Waals surface area contributed by atoms with Gasteiger partial charge in [-0.2, -0.15) is 0 Å². The fourth-order valence-corrected chi connectivity index (χ4v) is 2.49. The normalized spacial score (nSPS) is 13.2. The number of anilines is 1. The number of aromatic nitrogens is 2. The van der Waals surface area contributed by atoms with Gasteiger partial charge in [0.15, 0.2) is 0 Å². The molecule has 2 heterocycles. The van der Waals surface area contributed by atoms with Gasteiger partial charge in [0.1, 0.15) is 10.7 Å². The van der Waals surface area contributed by atoms with Gasteiger partial charge in [0.05, 0.1) is 11.9 Å². The minimum Gasteiger partial charge on any atom is -0.319 e. The number of nitrogens with one attached hydrogen (secondary N) is 2. The molecule has 0 bridgehead atoms. The molecule has 0 aliphatic carbocycles. The van der Waals surface area contributed by atoms with Crippen LogP contribution in [-0.4, -0.2) is 22.0 Å². The zero-order valence-corrected chi connectivity index (χ0v) is 12.0. The summed E-state index contributed by atoms with van der Waals surface area (Å²) < 4.78 is 17.9. The van der Waals surface area contributed by atoms with Gasteiger partial charge in [-0.25, -0.2) is 4.39 Å². The third kappa shape index (κ3) is 2.79. The lowest BCUT2D eigenvalue weighted by atomic mass is 9.99. The molecule has 1 aliphatic rings. The smallest absolute Gasteiger partial charge is 0.269 e. The number of carbonyl (C=O) groups is 1. The lowest BCUT2D eigenvalue weighted by molar-refractivity contribution is 0.103. The molecule has 20 heavy (non-hydrogen) atoms. The number of nitrogens with zero attached hydrogens (tertiary/aromatic N) is 2. The fourth-order valence-electron chi connectivity index (χ4n) is 2.08. The largest absolute Gasteiger partial charge is 0.319 e. The van der Waals surface area contributed by atoms with E-state index < -0.39 is 0 Å². The number of hydrogen-bond acceptors (Lipinski definition) is 5. The van der Waals surface area contributed by atoms with Gasteiger partial charge >= 0.3 is 0 Å². The van der Waals surface area contributed by atoms with Crippen LogP contribution in [0.4, 0.5) is 10.1 Å². The summed E-state index contributed by atoms with van der Waals surface area (Å²) >= 11 is 0.979. The highest BCUT2D eigenvalue weighted by molar-refractivity contribution is 7.07. The van der Waals surface area contributed by atoms with E-state index in [2.05, 4.69) is 20.2 Å². The van der Waals surface area contributed by atoms with Gasteiger partial charge in [-0.15, -0.1) is 17.5 Å². The first-order chi connectivity index (χ1) is 9.25. The first-order valence-corrected chi connectivity index (χ1v) is 6.62. The van der Waals surface area contributed by atoms with E-state index in [1.165, 1.54) is 6.20 Å². The van der Waals surface area contributed by atoms with Crippen molar-refractivity contribution in [3.8, 4) is 0 Å². The molecular weight excluding hydrogens is 303 g/mol. The number of amides is 1. The van der Waals surface area contributed by atoms with E-state index in [9.17, 15) is 9.18 Å². The van der Waals surface area contributed by atoms with Gasteiger partial charge in [0, 0.05) is 6.54 Å². The summed E-state index contributed by atoms with van der Waals surface area (Å²) in [6.07, 6.45) is 1.99. The summed E-state index contributed by atoms with van der Waals surface area (Å²) in [6.45, 7) is 1.42. The molecule has 2 N–H and O–H groups in total. The summed E-state index contributed by atoms with van der Waals surface area (Å²) in [4.78, 5) is 12.2. The Labute approximate surface area is 125 Å². The standard InChI is InChI=1S/C12H11FN4OS.ClH/c13-11-8-3-4-14-5-7(8)1-2-9(11)16-12(18)10-6-15-17-19-10;/h1-2,6,14H,3-5H2,(H,16,18);1H. The maximum atomic E-state index is 14.3. The van der Waals surface area contributed by atoms with Gasteiger partial charge < -0.3 is 10.6 Å². The Morgan fingerprint density at radius 1 is 1.45 bits per heavy atom. The molecule has 5 nitrogen and oxygen atoms in total. The second kappa shape index (κ2) is 6.25. The van der Waals surface area contributed by atoms with Crippen LogP contribution in [0.3, 0.4) is 0 Å². The molecule has 1 amide bonds. The molecule has 0 unspecified atom stereocenters. The minimum atomic E-state index is -0.386. The Kier molecular flexibility index (Phi) is 4.64. The summed E-state index contributed by atoms with van der Waals surface area (Å²) in [5.41, 5.74) is 1.83. The van der Waals surface area contributed by atoms with Crippen LogP contribution in [0, 0.1) is 5.82 Å². The van der Waals surface area contributed by atoms with E-state index in [1.54, 1.807) is 6.07 Å². The molecule has 1 aromatic heterocycles. The van der Waals surface area contributed by atoms with Crippen molar-refractivity contribution in [3.05, 3.63) is 40.2 Å². The summed E-state index contributed by atoms with van der Waals surface area (Å²) in [5, 5.41) is 9.32. The van der Waals surface area contributed by atoms with Crippen molar-refractivity contribution in [3.63, 3.8) is 0 Å². The van der Waals surface area contributed by atoms with Gasteiger partial charge in [-0.1, -0.05) is 10.6 Å². The number of fused-ring (bicyclic) bond motifs is 1. The van der Waals surface area contributed by atoms with Crippen LogP contribution >= 0.6 is 23.9 Å². The van der Waals surface area contributed by atoms with Crippen molar-refractivity contribution in [2.24, 2.45) is 0 Å². The third-order valence-electron chi connectivity index (χ3n) is 3.04. The van der Waals surface area contributed by atoms with Crippen molar-refractivity contribution in [1.82, 2.24) is 14.9 Å². The summed E-state index contributed by atoms with van der Waals surface area (Å²) in [7, 11) is 0. The predicted molar refractivity (Wildman–Crippen MR) is 76.9 cm³/mol. The highest BCUT2D eigenvalue weighted by Crippen LogP contribution is 2.25. The van der Waals surface area contributed by atoms with E-state index >= 15 is 0 Å². The van der Waals surface area contributed by atoms with Crippen molar-refractivity contribution < 1.29 is 9.18 Å². The number of halogens is 2. The number of carbonyl (C=O) groups excluding carboxylic acids is 1. The number of rotatable bonds is 2. The second-order valence-electron chi connectivity index (χ2n) is 4.23. The van der Waals surface area contributed by atoms with E-state index in [1.807, 2.05) is 6.07 Å². The molecule has 0 fully saturated rings. The van der Waals surface area contributed by atoms with Crippen LogP contribution in [0.2, 0.25) is 0 Å². The van der Waals surface area contributed by atoms with E-state index in [-0.39, 0.29) is 29.8 Å². The molecule has 106 valence electrons. The Bertz CT molecular complexity index is 620. The van der Waals surface area contributed by atoms with Gasteiger partial charge in [-0.3, -0.25) is 4.79 Å². The monoisotopic (exact) mass is 314 g/mol. The Morgan fingerprint density at radius 2 is 2.30 bits per heavy atom. The van der Waals surface area contributed by atoms with Crippen LogP contribution in [-0.2, 0) is 13.0 Å². The highest BCUT2D eigenvalue weighted by atomic mass is 35.5. The molecule has 8 heteroatoms. The van der Waals surface area contributed by atoms with Crippen molar-refractivity contribution in [1.29, 1.82) is 0 Å². The van der Waals surface area contributed by atoms with Gasteiger partial charge in [-0.05, 0) is 41.7 Å². The molecule has 0 saturated heterocycles. The molecule has 0 radical (unpaired) electrons. The molecule has 2 aromatic rings. The van der Waals surface area contributed by atoms with Crippen molar-refractivity contribution >= 4 is 35.5 Å². The molecular formula is C12H12ClFN4OS. The first kappa shape index (κ1) is 14.8. The van der Waals surface area contributed by atoms with E-state index in [0.29, 0.717) is 23.4 Å². The second-order valence-corrected chi connectivity index (χ2v) is 5.01. The quantitative estimate of drug-likeness (QED) is 0.889. The molecule has 0 spiro atoms. The average Bonchev–Trinajstić information content (AvgIpc) is 2.96. The maximum Gasteiger partial charge on any atom is 0.269 e. The predicted octanol–water partition coefficient (Wildman–Crippen LogP) is 2.00. The van der Waals surface area contributed by atoms with Crippen LogP contribution in [0.25, 0.3) is 0 Å². The van der Waals surface area contributed by atoms with Gasteiger partial charge in [0.2, 0.25) is 0 Å². The minimum absolute atomic E-state index is 0. The van der Waals surface area contributed by atoms with Crippen LogP contribution in [0.15, 0.2) is 18.3 Å².